The van der Waals surface area contributed by atoms with E-state index in [9.17, 15) is 9.18 Å². The molecule has 1 unspecified atom stereocenters. The van der Waals surface area contributed by atoms with Crippen molar-refractivity contribution < 1.29 is 9.18 Å². The van der Waals surface area contributed by atoms with Crippen LogP contribution in [0.4, 0.5) is 21.6 Å². The maximum absolute atomic E-state index is 13.6. The first kappa shape index (κ1) is 20.9. The predicted octanol–water partition coefficient (Wildman–Crippen LogP) is 5.08. The fraction of sp³-hybridized carbons (Fsp3) is 0.333. The van der Waals surface area contributed by atoms with Crippen LogP contribution in [0.5, 0.6) is 0 Å². The molecule has 0 aliphatic carbocycles. The van der Waals surface area contributed by atoms with E-state index in [4.69, 9.17) is 11.6 Å². The fourth-order valence-corrected chi connectivity index (χ4v) is 3.33. The van der Waals surface area contributed by atoms with Gasteiger partial charge in [-0.1, -0.05) is 11.6 Å². The molecule has 1 aliphatic heterocycles. The molecule has 0 radical (unpaired) electrons. The third kappa shape index (κ3) is 5.38. The van der Waals surface area contributed by atoms with E-state index in [1.165, 1.54) is 31.4 Å². The molecular weight excluding hydrogens is 393 g/mol. The van der Waals surface area contributed by atoms with Crippen LogP contribution < -0.4 is 10.6 Å². The van der Waals surface area contributed by atoms with Gasteiger partial charge in [0, 0.05) is 37.0 Å². The molecule has 8 heteroatoms. The average Bonchev–Trinajstić information content (AvgIpc) is 2.84. The van der Waals surface area contributed by atoms with Crippen LogP contribution in [0.3, 0.4) is 0 Å². The molecule has 1 aliphatic rings. The summed E-state index contributed by atoms with van der Waals surface area (Å²) >= 11 is 6.29. The van der Waals surface area contributed by atoms with Crippen molar-refractivity contribution in [2.24, 2.45) is 9.98 Å². The SMILES string of the molecule is CNC(=O)c1cc(F)ccc1Nc1cc(N=C2CCC(C)N=C(C)C2)ncc1Cl. The van der Waals surface area contributed by atoms with Crippen LogP contribution in [0, 0.1) is 5.82 Å². The van der Waals surface area contributed by atoms with E-state index in [1.807, 2.05) is 6.92 Å². The van der Waals surface area contributed by atoms with E-state index in [2.05, 4.69) is 32.5 Å². The molecule has 6 nitrogen and oxygen atoms in total. The Bertz CT molecular complexity index is 989. The van der Waals surface area contributed by atoms with Crippen molar-refractivity contribution >= 4 is 46.1 Å². The number of benzene rings is 1. The highest BCUT2D eigenvalue weighted by Gasteiger charge is 2.15. The summed E-state index contributed by atoms with van der Waals surface area (Å²) in [6.07, 6.45) is 4.02. The summed E-state index contributed by atoms with van der Waals surface area (Å²) in [7, 11) is 1.49. The maximum Gasteiger partial charge on any atom is 0.253 e. The first-order chi connectivity index (χ1) is 13.9. The van der Waals surface area contributed by atoms with Gasteiger partial charge < -0.3 is 10.6 Å². The Kier molecular flexibility index (Phi) is 6.59. The maximum atomic E-state index is 13.6. The number of hydrogen-bond donors (Lipinski definition) is 2. The number of aliphatic imine (C=N–C) groups is 2. The quantitative estimate of drug-likeness (QED) is 0.730. The third-order valence-corrected chi connectivity index (χ3v) is 4.89. The van der Waals surface area contributed by atoms with Crippen molar-refractivity contribution in [3.05, 3.63) is 46.9 Å². The molecule has 0 bridgehead atoms. The van der Waals surface area contributed by atoms with E-state index < -0.39 is 11.7 Å². The van der Waals surface area contributed by atoms with Crippen LogP contribution in [0.1, 0.15) is 43.5 Å². The Morgan fingerprint density at radius 3 is 2.86 bits per heavy atom. The molecule has 1 aromatic carbocycles. The van der Waals surface area contributed by atoms with Crippen LogP contribution in [0.25, 0.3) is 0 Å². The summed E-state index contributed by atoms with van der Waals surface area (Å²) in [5.41, 5.74) is 3.22. The number of nitrogens with zero attached hydrogens (tertiary/aromatic N) is 3. The molecule has 0 saturated heterocycles. The number of nitrogens with one attached hydrogen (secondary N) is 2. The number of halogens is 2. The lowest BCUT2D eigenvalue weighted by atomic mass is 10.1. The lowest BCUT2D eigenvalue weighted by Gasteiger charge is -2.13. The molecule has 2 N–H and O–H groups in total. The second-order valence-electron chi connectivity index (χ2n) is 7.02. The van der Waals surface area contributed by atoms with Gasteiger partial charge in [-0.15, -0.1) is 0 Å². The summed E-state index contributed by atoms with van der Waals surface area (Å²) in [5.74, 6) is -0.389. The summed E-state index contributed by atoms with van der Waals surface area (Å²) < 4.78 is 13.6. The van der Waals surface area contributed by atoms with E-state index in [0.29, 0.717) is 28.3 Å². The van der Waals surface area contributed by atoms with E-state index in [1.54, 1.807) is 6.07 Å². The molecule has 0 spiro atoms. The summed E-state index contributed by atoms with van der Waals surface area (Å²) in [4.78, 5) is 25.7. The minimum Gasteiger partial charge on any atom is -0.355 e. The third-order valence-electron chi connectivity index (χ3n) is 4.59. The van der Waals surface area contributed by atoms with Gasteiger partial charge >= 0.3 is 0 Å². The predicted molar refractivity (Wildman–Crippen MR) is 116 cm³/mol. The lowest BCUT2D eigenvalue weighted by Crippen LogP contribution is -2.19. The topological polar surface area (TPSA) is 78.7 Å². The molecule has 0 fully saturated rings. The zero-order valence-corrected chi connectivity index (χ0v) is 17.3. The number of anilines is 2. The van der Waals surface area contributed by atoms with Crippen LogP contribution in [-0.4, -0.2) is 35.4 Å². The molecule has 1 aromatic heterocycles. The van der Waals surface area contributed by atoms with Crippen molar-refractivity contribution in [1.29, 1.82) is 0 Å². The Morgan fingerprint density at radius 1 is 1.31 bits per heavy atom. The Morgan fingerprint density at radius 2 is 2.10 bits per heavy atom. The van der Waals surface area contributed by atoms with Crippen molar-refractivity contribution in [1.82, 2.24) is 10.3 Å². The number of amides is 1. The number of rotatable bonds is 4. The monoisotopic (exact) mass is 415 g/mol. The van der Waals surface area contributed by atoms with Crippen molar-refractivity contribution in [2.45, 2.75) is 39.2 Å². The van der Waals surface area contributed by atoms with E-state index in [0.717, 1.165) is 30.7 Å². The first-order valence-electron chi connectivity index (χ1n) is 9.39. The van der Waals surface area contributed by atoms with Gasteiger partial charge in [0.15, 0.2) is 5.82 Å². The zero-order chi connectivity index (χ0) is 21.0. The fourth-order valence-electron chi connectivity index (χ4n) is 3.18. The van der Waals surface area contributed by atoms with Crippen LogP contribution in [-0.2, 0) is 0 Å². The smallest absolute Gasteiger partial charge is 0.253 e. The Balaban J connectivity index is 1.90. The highest BCUT2D eigenvalue weighted by molar-refractivity contribution is 6.33. The zero-order valence-electron chi connectivity index (χ0n) is 16.6. The van der Waals surface area contributed by atoms with E-state index >= 15 is 0 Å². The largest absolute Gasteiger partial charge is 0.355 e. The highest BCUT2D eigenvalue weighted by Crippen LogP contribution is 2.30. The average molecular weight is 416 g/mol. The van der Waals surface area contributed by atoms with Gasteiger partial charge in [-0.25, -0.2) is 14.4 Å². The summed E-state index contributed by atoms with van der Waals surface area (Å²) in [5, 5.41) is 5.97. The number of aromatic nitrogens is 1. The molecule has 2 aromatic rings. The minimum atomic E-state index is -0.498. The normalized spacial score (nSPS) is 18.2. The molecular formula is C21H23ClFN5O. The van der Waals surface area contributed by atoms with Gasteiger partial charge in [-0.2, -0.15) is 0 Å². The van der Waals surface area contributed by atoms with Crippen molar-refractivity contribution in [3.63, 3.8) is 0 Å². The van der Waals surface area contributed by atoms with Gasteiger partial charge in [0.1, 0.15) is 5.82 Å². The molecule has 1 amide bonds. The standard InChI is InChI=1S/C21H23ClFN5O/c1-12-4-6-15(8-13(2)26-12)27-20-10-19(17(22)11-25-20)28-18-7-5-14(23)9-16(18)21(29)24-3/h5,7,9-12H,4,6,8H2,1-3H3,(H,24,29)(H,25,28). The highest BCUT2D eigenvalue weighted by atomic mass is 35.5. The second-order valence-corrected chi connectivity index (χ2v) is 7.43. The van der Waals surface area contributed by atoms with Gasteiger partial charge in [0.25, 0.3) is 5.91 Å². The van der Waals surface area contributed by atoms with Gasteiger partial charge in [-0.3, -0.25) is 9.79 Å². The molecule has 3 rings (SSSR count). The summed E-state index contributed by atoms with van der Waals surface area (Å²) in [6, 6.07) is 5.95. The lowest BCUT2D eigenvalue weighted by molar-refractivity contribution is 0.0963. The number of hydrogen-bond acceptors (Lipinski definition) is 5. The van der Waals surface area contributed by atoms with E-state index in [-0.39, 0.29) is 5.56 Å². The molecule has 0 saturated carbocycles. The second kappa shape index (κ2) is 9.13. The number of carbonyl (C=O) groups is 1. The number of pyridine rings is 1. The molecule has 1 atom stereocenters. The Labute approximate surface area is 174 Å². The van der Waals surface area contributed by atoms with Crippen molar-refractivity contribution in [2.75, 3.05) is 12.4 Å². The summed E-state index contributed by atoms with van der Waals surface area (Å²) in [6.45, 7) is 4.11. The molecule has 29 heavy (non-hydrogen) atoms. The van der Waals surface area contributed by atoms with Crippen LogP contribution in [0.2, 0.25) is 5.02 Å². The van der Waals surface area contributed by atoms with Crippen molar-refractivity contribution in [3.8, 4) is 0 Å². The Hall–Kier alpha value is -2.80. The van der Waals surface area contributed by atoms with Gasteiger partial charge in [0.05, 0.1) is 28.2 Å². The number of carbonyl (C=O) groups excluding carboxylic acids is 1. The molecule has 2 heterocycles. The van der Waals surface area contributed by atoms with Gasteiger partial charge in [-0.05, 0) is 44.9 Å². The van der Waals surface area contributed by atoms with Crippen LogP contribution in [0.15, 0.2) is 40.4 Å². The molecule has 152 valence electrons. The minimum absolute atomic E-state index is 0.179. The van der Waals surface area contributed by atoms with Gasteiger partial charge in [0.2, 0.25) is 0 Å². The van der Waals surface area contributed by atoms with Crippen LogP contribution >= 0.6 is 11.6 Å². The first-order valence-corrected chi connectivity index (χ1v) is 9.77.